The zero-order valence-electron chi connectivity index (χ0n) is 7.38. The van der Waals surface area contributed by atoms with Crippen LogP contribution in [0.4, 0.5) is 0 Å². The van der Waals surface area contributed by atoms with E-state index >= 15 is 0 Å². The highest BCUT2D eigenvalue weighted by Gasteiger charge is 2.10. The molecule has 6 heteroatoms. The molecule has 0 aliphatic heterocycles. The molecule has 0 amide bonds. The lowest BCUT2D eigenvalue weighted by Gasteiger charge is -2.00. The molecule has 76 valence electrons. The molecule has 0 atom stereocenters. The van der Waals surface area contributed by atoms with Gasteiger partial charge in [-0.25, -0.2) is 4.79 Å². The van der Waals surface area contributed by atoms with E-state index in [1.54, 1.807) is 29.6 Å². The van der Waals surface area contributed by atoms with E-state index in [1.165, 1.54) is 0 Å². The smallest absolute Gasteiger partial charge is 0.365 e. The number of carbonyl (C=O) groups is 1. The van der Waals surface area contributed by atoms with Crippen LogP contribution in [-0.2, 0) is 0 Å². The quantitative estimate of drug-likeness (QED) is 0.628. The molecule has 0 bridgehead atoms. The van der Waals surface area contributed by atoms with Crippen LogP contribution >= 0.6 is 27.5 Å². The molecule has 2 aromatic rings. The van der Waals surface area contributed by atoms with Crippen LogP contribution in [0.25, 0.3) is 0 Å². The van der Waals surface area contributed by atoms with Gasteiger partial charge in [0.05, 0.1) is 0 Å². The summed E-state index contributed by atoms with van der Waals surface area (Å²) in [5.74, 6) is -0.0118. The lowest BCUT2D eigenvalue weighted by Crippen LogP contribution is -2.08. The monoisotopic (exact) mass is 284 g/mol. The van der Waals surface area contributed by atoms with Crippen LogP contribution in [-0.4, -0.2) is 15.6 Å². The van der Waals surface area contributed by atoms with Crippen molar-refractivity contribution in [3.8, 4) is 5.75 Å². The van der Waals surface area contributed by atoms with E-state index in [-0.39, 0.29) is 5.69 Å². The molecule has 0 fully saturated rings. The second-order valence-electron chi connectivity index (χ2n) is 2.63. The van der Waals surface area contributed by atoms with Crippen molar-refractivity contribution in [1.82, 2.24) is 9.59 Å². The Morgan fingerprint density at radius 2 is 2.07 bits per heavy atom. The minimum absolute atomic E-state index is 0.225. The molecule has 0 N–H and O–H groups in total. The van der Waals surface area contributed by atoms with E-state index in [1.807, 2.05) is 0 Å². The zero-order chi connectivity index (χ0) is 10.7. The molecule has 1 aromatic heterocycles. The molecule has 2 rings (SSSR count). The van der Waals surface area contributed by atoms with E-state index in [4.69, 9.17) is 4.74 Å². The standard InChI is InChI=1S/C9H5BrN2O2S/c10-6-1-3-7(4-2-6)14-9(13)8-5-15-12-11-8/h1-5H. The first-order valence-electron chi connectivity index (χ1n) is 4.00. The average Bonchev–Trinajstić information content (AvgIpc) is 2.74. The molecular formula is C9H5BrN2O2S. The maximum Gasteiger partial charge on any atom is 0.365 e. The lowest BCUT2D eigenvalue weighted by molar-refractivity contribution is 0.0728. The van der Waals surface area contributed by atoms with Crippen LogP contribution in [0.3, 0.4) is 0 Å². The van der Waals surface area contributed by atoms with Crippen molar-refractivity contribution < 1.29 is 9.53 Å². The van der Waals surface area contributed by atoms with Gasteiger partial charge in [0.1, 0.15) is 5.75 Å². The summed E-state index contributed by atoms with van der Waals surface area (Å²) in [5, 5.41) is 5.16. The number of rotatable bonds is 2. The van der Waals surface area contributed by atoms with Gasteiger partial charge in [0, 0.05) is 9.85 Å². The summed E-state index contributed by atoms with van der Waals surface area (Å²) in [5.41, 5.74) is 0.225. The van der Waals surface area contributed by atoms with Crippen LogP contribution in [0, 0.1) is 0 Å². The van der Waals surface area contributed by atoms with E-state index in [2.05, 4.69) is 25.5 Å². The molecule has 0 aliphatic rings. The van der Waals surface area contributed by atoms with Gasteiger partial charge >= 0.3 is 5.97 Å². The number of hydrogen-bond acceptors (Lipinski definition) is 5. The fourth-order valence-corrected chi connectivity index (χ4v) is 1.61. The van der Waals surface area contributed by atoms with Crippen LogP contribution in [0.15, 0.2) is 34.1 Å². The van der Waals surface area contributed by atoms with E-state index in [0.29, 0.717) is 5.75 Å². The predicted octanol–water partition coefficient (Wildman–Crippen LogP) is 2.52. The summed E-state index contributed by atoms with van der Waals surface area (Å²) in [7, 11) is 0. The van der Waals surface area contributed by atoms with Crippen LogP contribution < -0.4 is 4.74 Å². The fraction of sp³-hybridized carbons (Fsp3) is 0. The maximum absolute atomic E-state index is 11.4. The Morgan fingerprint density at radius 1 is 1.33 bits per heavy atom. The van der Waals surface area contributed by atoms with Crippen molar-refractivity contribution in [3.05, 3.63) is 39.8 Å². The number of aromatic nitrogens is 2. The third-order valence-electron chi connectivity index (χ3n) is 1.59. The number of ether oxygens (including phenoxy) is 1. The molecule has 4 nitrogen and oxygen atoms in total. The minimum atomic E-state index is -0.494. The van der Waals surface area contributed by atoms with Crippen molar-refractivity contribution in [2.75, 3.05) is 0 Å². The second-order valence-corrected chi connectivity index (χ2v) is 4.16. The molecule has 0 saturated carbocycles. The van der Waals surface area contributed by atoms with Gasteiger partial charge in [-0.2, -0.15) is 0 Å². The van der Waals surface area contributed by atoms with Crippen molar-refractivity contribution in [2.45, 2.75) is 0 Å². The van der Waals surface area contributed by atoms with Crippen LogP contribution in [0.1, 0.15) is 10.5 Å². The van der Waals surface area contributed by atoms with E-state index in [0.717, 1.165) is 16.0 Å². The van der Waals surface area contributed by atoms with Gasteiger partial charge in [-0.05, 0) is 35.8 Å². The summed E-state index contributed by atoms with van der Waals surface area (Å²) >= 11 is 4.40. The highest BCUT2D eigenvalue weighted by atomic mass is 79.9. The Kier molecular flexibility index (Phi) is 3.08. The van der Waals surface area contributed by atoms with Gasteiger partial charge in [-0.3, -0.25) is 0 Å². The first-order chi connectivity index (χ1) is 7.25. The Balaban J connectivity index is 2.09. The first kappa shape index (κ1) is 10.3. The number of carbonyl (C=O) groups excluding carboxylic acids is 1. The molecule has 15 heavy (non-hydrogen) atoms. The van der Waals surface area contributed by atoms with Gasteiger partial charge in [0.25, 0.3) is 0 Å². The lowest BCUT2D eigenvalue weighted by atomic mass is 10.3. The normalized spacial score (nSPS) is 9.93. The third-order valence-corrected chi connectivity index (χ3v) is 2.63. The number of nitrogens with zero attached hydrogens (tertiary/aromatic N) is 2. The molecule has 0 aliphatic carbocycles. The predicted molar refractivity (Wildman–Crippen MR) is 59.0 cm³/mol. The minimum Gasteiger partial charge on any atom is -0.422 e. The Bertz CT molecular complexity index is 455. The van der Waals surface area contributed by atoms with Gasteiger partial charge in [0.15, 0.2) is 5.69 Å². The van der Waals surface area contributed by atoms with Crippen LogP contribution in [0.2, 0.25) is 0 Å². The maximum atomic E-state index is 11.4. The Morgan fingerprint density at radius 3 is 2.67 bits per heavy atom. The summed E-state index contributed by atoms with van der Waals surface area (Å²) in [6.07, 6.45) is 0. The van der Waals surface area contributed by atoms with Gasteiger partial charge < -0.3 is 4.74 Å². The van der Waals surface area contributed by atoms with Crippen molar-refractivity contribution >= 4 is 33.4 Å². The van der Waals surface area contributed by atoms with E-state index in [9.17, 15) is 4.79 Å². The van der Waals surface area contributed by atoms with Gasteiger partial charge in [-0.1, -0.05) is 20.4 Å². The van der Waals surface area contributed by atoms with Crippen molar-refractivity contribution in [2.24, 2.45) is 0 Å². The molecule has 1 heterocycles. The second kappa shape index (κ2) is 4.50. The average molecular weight is 285 g/mol. The molecule has 0 radical (unpaired) electrons. The van der Waals surface area contributed by atoms with Crippen LogP contribution in [0.5, 0.6) is 5.75 Å². The summed E-state index contributed by atoms with van der Waals surface area (Å²) < 4.78 is 9.57. The van der Waals surface area contributed by atoms with Crippen molar-refractivity contribution in [1.29, 1.82) is 0 Å². The highest BCUT2D eigenvalue weighted by Crippen LogP contribution is 2.17. The number of hydrogen-bond donors (Lipinski definition) is 0. The van der Waals surface area contributed by atoms with E-state index < -0.39 is 5.97 Å². The summed E-state index contributed by atoms with van der Waals surface area (Å²) in [4.78, 5) is 11.4. The number of benzene rings is 1. The largest absolute Gasteiger partial charge is 0.422 e. The highest BCUT2D eigenvalue weighted by molar-refractivity contribution is 9.10. The topological polar surface area (TPSA) is 52.1 Å². The number of esters is 1. The molecule has 0 saturated heterocycles. The van der Waals surface area contributed by atoms with Gasteiger partial charge in [-0.15, -0.1) is 5.10 Å². The zero-order valence-corrected chi connectivity index (χ0v) is 9.79. The van der Waals surface area contributed by atoms with Crippen molar-refractivity contribution in [3.63, 3.8) is 0 Å². The molecule has 0 spiro atoms. The molecule has 0 unspecified atom stereocenters. The number of halogens is 1. The van der Waals surface area contributed by atoms with Gasteiger partial charge in [0.2, 0.25) is 0 Å². The molecular weight excluding hydrogens is 280 g/mol. The SMILES string of the molecule is O=C(Oc1ccc(Br)cc1)c1csnn1. The molecule has 1 aromatic carbocycles. The third kappa shape index (κ3) is 2.60. The Labute approximate surface area is 98.2 Å². The first-order valence-corrected chi connectivity index (χ1v) is 5.63. The Hall–Kier alpha value is -1.27. The summed E-state index contributed by atoms with van der Waals surface area (Å²) in [6.45, 7) is 0. The fourth-order valence-electron chi connectivity index (χ4n) is 0.916. The summed E-state index contributed by atoms with van der Waals surface area (Å²) in [6, 6.07) is 6.98.